The van der Waals surface area contributed by atoms with E-state index in [-0.39, 0.29) is 18.2 Å². The molecule has 0 radical (unpaired) electrons. The van der Waals surface area contributed by atoms with E-state index < -0.39 is 6.09 Å². The Balaban J connectivity index is 1.46. The van der Waals surface area contributed by atoms with Crippen LogP contribution in [-0.2, 0) is 9.53 Å². The maximum atomic E-state index is 12.3. The van der Waals surface area contributed by atoms with Crippen LogP contribution in [0.25, 0.3) is 17.2 Å². The van der Waals surface area contributed by atoms with E-state index in [1.165, 1.54) is 11.1 Å². The summed E-state index contributed by atoms with van der Waals surface area (Å²) < 4.78 is 5.46. The van der Waals surface area contributed by atoms with Crippen molar-refractivity contribution in [2.24, 2.45) is 0 Å². The van der Waals surface area contributed by atoms with Gasteiger partial charge in [-0.3, -0.25) is 10.1 Å². The van der Waals surface area contributed by atoms with Gasteiger partial charge in [-0.2, -0.15) is 0 Å². The molecule has 138 valence electrons. The number of alkyl carbamates (subject to hydrolysis) is 1. The smallest absolute Gasteiger partial charge is 0.411 e. The molecule has 0 bridgehead atoms. The summed E-state index contributed by atoms with van der Waals surface area (Å²) in [4.78, 5) is 23.5. The second kappa shape index (κ2) is 7.92. The Morgan fingerprint density at radius 3 is 2.04 bits per heavy atom. The van der Waals surface area contributed by atoms with E-state index in [2.05, 4.69) is 29.6 Å². The molecule has 0 aromatic heterocycles. The van der Waals surface area contributed by atoms with Crippen molar-refractivity contribution in [1.82, 2.24) is 5.32 Å². The van der Waals surface area contributed by atoms with E-state index in [4.69, 9.17) is 4.74 Å². The third-order valence-corrected chi connectivity index (χ3v) is 4.84. The molecule has 0 saturated carbocycles. The Kier molecular flexibility index (Phi) is 5.02. The average molecular weight is 369 g/mol. The second-order valence-electron chi connectivity index (χ2n) is 6.58. The van der Waals surface area contributed by atoms with E-state index in [0.717, 1.165) is 16.7 Å². The largest absolute Gasteiger partial charge is 0.448 e. The van der Waals surface area contributed by atoms with Gasteiger partial charge in [0.2, 0.25) is 0 Å². The molecule has 1 amide bonds. The molecule has 0 aliphatic heterocycles. The lowest BCUT2D eigenvalue weighted by Gasteiger charge is -2.14. The van der Waals surface area contributed by atoms with E-state index in [1.54, 1.807) is 6.08 Å². The second-order valence-corrected chi connectivity index (χ2v) is 6.58. The minimum atomic E-state index is -0.642. The first kappa shape index (κ1) is 17.7. The number of amides is 1. The Labute approximate surface area is 163 Å². The summed E-state index contributed by atoms with van der Waals surface area (Å²) in [5, 5.41) is 2.52. The number of carbonyl (C=O) groups excluding carboxylic acids is 2. The molecule has 4 rings (SSSR count). The summed E-state index contributed by atoms with van der Waals surface area (Å²) in [5.74, 6) is -0.0177. The van der Waals surface area contributed by atoms with Crippen molar-refractivity contribution < 1.29 is 14.3 Å². The van der Waals surface area contributed by atoms with Crippen LogP contribution in [0.1, 0.15) is 22.6 Å². The fourth-order valence-corrected chi connectivity index (χ4v) is 3.58. The Bertz CT molecular complexity index is 995. The van der Waals surface area contributed by atoms with Crippen molar-refractivity contribution in [2.75, 3.05) is 6.61 Å². The molecule has 1 aliphatic carbocycles. The summed E-state index contributed by atoms with van der Waals surface area (Å²) in [5.41, 5.74) is 5.61. The van der Waals surface area contributed by atoms with Crippen LogP contribution >= 0.6 is 0 Å². The molecular weight excluding hydrogens is 350 g/mol. The van der Waals surface area contributed by atoms with Crippen molar-refractivity contribution in [3.8, 4) is 11.1 Å². The number of carbonyl (C=O) groups is 2. The van der Waals surface area contributed by atoms with Gasteiger partial charge in [0.15, 0.2) is 6.29 Å². The highest BCUT2D eigenvalue weighted by Crippen LogP contribution is 2.44. The molecule has 0 unspecified atom stereocenters. The highest BCUT2D eigenvalue weighted by Gasteiger charge is 2.29. The van der Waals surface area contributed by atoms with Gasteiger partial charge in [-0.05, 0) is 33.9 Å². The Morgan fingerprint density at radius 2 is 1.43 bits per heavy atom. The predicted molar refractivity (Wildman–Crippen MR) is 109 cm³/mol. The first-order valence-corrected chi connectivity index (χ1v) is 9.10. The van der Waals surface area contributed by atoms with E-state index in [1.807, 2.05) is 54.6 Å². The lowest BCUT2D eigenvalue weighted by atomic mass is 9.98. The Morgan fingerprint density at radius 1 is 0.857 bits per heavy atom. The van der Waals surface area contributed by atoms with Gasteiger partial charge in [0.05, 0.1) is 5.70 Å². The fourth-order valence-electron chi connectivity index (χ4n) is 3.58. The highest BCUT2D eigenvalue weighted by molar-refractivity contribution is 5.87. The van der Waals surface area contributed by atoms with Gasteiger partial charge in [0, 0.05) is 5.92 Å². The number of nitrogens with one attached hydrogen (secondary N) is 1. The van der Waals surface area contributed by atoms with E-state index in [9.17, 15) is 9.59 Å². The van der Waals surface area contributed by atoms with Crippen LogP contribution in [0, 0.1) is 0 Å². The zero-order chi connectivity index (χ0) is 19.3. The molecule has 3 aromatic rings. The van der Waals surface area contributed by atoms with Gasteiger partial charge < -0.3 is 4.74 Å². The third kappa shape index (κ3) is 3.58. The predicted octanol–water partition coefficient (Wildman–Crippen LogP) is 4.77. The third-order valence-electron chi connectivity index (χ3n) is 4.84. The minimum absolute atomic E-state index is 0.0177. The molecule has 3 aromatic carbocycles. The maximum absolute atomic E-state index is 12.3. The highest BCUT2D eigenvalue weighted by atomic mass is 16.5. The summed E-state index contributed by atoms with van der Waals surface area (Å²) in [6.07, 6.45) is 1.57. The SMILES string of the molecule is O=C/C(=C/c1ccccc1)NC(=O)OCC1c2ccccc2-c2ccccc21. The number of hydrogen-bond donors (Lipinski definition) is 1. The number of benzene rings is 3. The maximum Gasteiger partial charge on any atom is 0.411 e. The van der Waals surface area contributed by atoms with Gasteiger partial charge in [-0.1, -0.05) is 78.9 Å². The molecule has 4 nitrogen and oxygen atoms in total. The van der Waals surface area contributed by atoms with Crippen molar-refractivity contribution in [3.63, 3.8) is 0 Å². The van der Waals surface area contributed by atoms with Crippen molar-refractivity contribution in [1.29, 1.82) is 0 Å². The van der Waals surface area contributed by atoms with E-state index in [0.29, 0.717) is 6.29 Å². The zero-order valence-corrected chi connectivity index (χ0v) is 15.2. The van der Waals surface area contributed by atoms with E-state index >= 15 is 0 Å². The topological polar surface area (TPSA) is 55.4 Å². The van der Waals surface area contributed by atoms with Crippen LogP contribution in [0.15, 0.2) is 84.6 Å². The van der Waals surface area contributed by atoms with Crippen LogP contribution < -0.4 is 5.32 Å². The van der Waals surface area contributed by atoms with Gasteiger partial charge in [0.25, 0.3) is 0 Å². The van der Waals surface area contributed by atoms with Crippen LogP contribution in [0.2, 0.25) is 0 Å². The number of hydrogen-bond acceptors (Lipinski definition) is 3. The van der Waals surface area contributed by atoms with Gasteiger partial charge in [0.1, 0.15) is 6.61 Å². The molecule has 0 fully saturated rings. The lowest BCUT2D eigenvalue weighted by Crippen LogP contribution is -2.26. The minimum Gasteiger partial charge on any atom is -0.448 e. The summed E-state index contributed by atoms with van der Waals surface area (Å²) in [7, 11) is 0. The number of rotatable bonds is 5. The molecule has 0 spiro atoms. The van der Waals surface area contributed by atoms with Gasteiger partial charge >= 0.3 is 6.09 Å². The number of ether oxygens (including phenoxy) is 1. The quantitative estimate of drug-likeness (QED) is 0.521. The molecule has 4 heteroatoms. The van der Waals surface area contributed by atoms with Crippen LogP contribution in [-0.4, -0.2) is 19.0 Å². The molecular formula is C24H19NO3. The standard InChI is InChI=1S/C24H19NO3/c26-15-18(14-17-8-2-1-3-9-17)25-24(27)28-16-23-21-12-6-4-10-19(21)20-11-5-7-13-22(20)23/h1-15,23H,16H2,(H,25,27)/b18-14-. The molecule has 0 atom stereocenters. The first-order valence-electron chi connectivity index (χ1n) is 9.10. The zero-order valence-electron chi connectivity index (χ0n) is 15.2. The molecule has 1 aliphatic rings. The molecule has 0 saturated heterocycles. The molecule has 28 heavy (non-hydrogen) atoms. The summed E-state index contributed by atoms with van der Waals surface area (Å²) >= 11 is 0. The van der Waals surface area contributed by atoms with Crippen LogP contribution in [0.3, 0.4) is 0 Å². The number of allylic oxidation sites excluding steroid dienone is 1. The molecule has 0 heterocycles. The van der Waals surface area contributed by atoms with Gasteiger partial charge in [-0.15, -0.1) is 0 Å². The summed E-state index contributed by atoms with van der Waals surface area (Å²) in [6.45, 7) is 0.206. The first-order chi connectivity index (χ1) is 13.8. The van der Waals surface area contributed by atoms with Crippen LogP contribution in [0.4, 0.5) is 4.79 Å². The normalized spacial score (nSPS) is 12.8. The van der Waals surface area contributed by atoms with Gasteiger partial charge in [-0.25, -0.2) is 4.79 Å². The number of aldehydes is 1. The lowest BCUT2D eigenvalue weighted by molar-refractivity contribution is -0.105. The number of fused-ring (bicyclic) bond motifs is 3. The fraction of sp³-hybridized carbons (Fsp3) is 0.0833. The monoisotopic (exact) mass is 369 g/mol. The van der Waals surface area contributed by atoms with Crippen LogP contribution in [0.5, 0.6) is 0 Å². The van der Waals surface area contributed by atoms with Crippen molar-refractivity contribution in [3.05, 3.63) is 101 Å². The summed E-state index contributed by atoms with van der Waals surface area (Å²) in [6, 6.07) is 25.6. The Hall–Kier alpha value is -3.66. The molecule has 1 N–H and O–H groups in total. The average Bonchev–Trinajstić information content (AvgIpc) is 3.06. The van der Waals surface area contributed by atoms with Crippen molar-refractivity contribution in [2.45, 2.75) is 5.92 Å². The van der Waals surface area contributed by atoms with Crippen molar-refractivity contribution >= 4 is 18.5 Å².